The van der Waals surface area contributed by atoms with Crippen LogP contribution in [0, 0.1) is 0 Å². The van der Waals surface area contributed by atoms with E-state index < -0.39 is 11.8 Å². The van der Waals surface area contributed by atoms with E-state index >= 15 is 0 Å². The molecule has 0 unspecified atom stereocenters. The van der Waals surface area contributed by atoms with E-state index in [2.05, 4.69) is 5.32 Å². The average molecular weight is 437 g/mol. The Labute approximate surface area is 176 Å². The minimum Gasteiger partial charge on any atom is -0.493 e. The van der Waals surface area contributed by atoms with E-state index in [4.69, 9.17) is 44.9 Å². The van der Waals surface area contributed by atoms with Gasteiger partial charge in [-0.25, -0.2) is 4.90 Å². The number of amides is 2. The molecule has 1 N–H and O–H groups in total. The second-order valence-electron chi connectivity index (χ2n) is 5.67. The van der Waals surface area contributed by atoms with Crippen LogP contribution in [0.1, 0.15) is 15.9 Å². The highest BCUT2D eigenvalue weighted by molar-refractivity contribution is 7.80. The molecule has 1 saturated heterocycles. The van der Waals surface area contributed by atoms with E-state index in [1.807, 2.05) is 0 Å². The molecule has 1 heterocycles. The van der Waals surface area contributed by atoms with Gasteiger partial charge in [-0.05, 0) is 54.2 Å². The number of thiocarbonyl (C=S) groups is 1. The molecule has 2 aromatic carbocycles. The van der Waals surface area contributed by atoms with Crippen LogP contribution < -0.4 is 14.8 Å². The maximum Gasteiger partial charge on any atom is 0.283 e. The molecule has 0 bridgehead atoms. The second kappa shape index (κ2) is 8.18. The monoisotopic (exact) mass is 436 g/mol. The quantitative estimate of drug-likeness (QED) is 0.445. The molecule has 3 rings (SSSR count). The molecule has 0 aromatic heterocycles. The molecule has 0 aliphatic carbocycles. The molecule has 1 aliphatic rings. The lowest BCUT2D eigenvalue weighted by molar-refractivity contribution is -0.120. The Morgan fingerprint density at radius 3 is 2.46 bits per heavy atom. The van der Waals surface area contributed by atoms with Crippen molar-refractivity contribution >= 4 is 58.4 Å². The smallest absolute Gasteiger partial charge is 0.283 e. The molecule has 2 aromatic rings. The summed E-state index contributed by atoms with van der Waals surface area (Å²) in [4.78, 5) is 26.4. The zero-order valence-electron chi connectivity index (χ0n) is 14.8. The summed E-state index contributed by atoms with van der Waals surface area (Å²) in [5, 5.41) is 3.23. The van der Waals surface area contributed by atoms with Crippen LogP contribution in [-0.2, 0) is 4.79 Å². The van der Waals surface area contributed by atoms with Crippen molar-refractivity contribution < 1.29 is 19.1 Å². The minimum atomic E-state index is -0.639. The van der Waals surface area contributed by atoms with Gasteiger partial charge < -0.3 is 14.8 Å². The Kier molecular flexibility index (Phi) is 5.88. The van der Waals surface area contributed by atoms with Gasteiger partial charge in [0.25, 0.3) is 11.8 Å². The summed E-state index contributed by atoms with van der Waals surface area (Å²) in [6, 6.07) is 9.53. The van der Waals surface area contributed by atoms with Gasteiger partial charge in [0.15, 0.2) is 16.6 Å². The van der Waals surface area contributed by atoms with Gasteiger partial charge in [0.05, 0.1) is 24.8 Å². The zero-order valence-corrected chi connectivity index (χ0v) is 17.1. The maximum atomic E-state index is 12.8. The van der Waals surface area contributed by atoms with Crippen molar-refractivity contribution in [3.63, 3.8) is 0 Å². The molecule has 0 spiro atoms. The zero-order chi connectivity index (χ0) is 20.4. The van der Waals surface area contributed by atoms with Gasteiger partial charge in [0.2, 0.25) is 0 Å². The Morgan fingerprint density at radius 1 is 1.11 bits per heavy atom. The molecular weight excluding hydrogens is 423 g/mol. The predicted molar refractivity (Wildman–Crippen MR) is 111 cm³/mol. The number of benzene rings is 2. The number of halogens is 2. The Morgan fingerprint density at radius 2 is 1.82 bits per heavy atom. The molecule has 1 aliphatic heterocycles. The molecule has 2 amide bonds. The summed E-state index contributed by atoms with van der Waals surface area (Å²) < 4.78 is 10.4. The highest BCUT2D eigenvalue weighted by Crippen LogP contribution is 2.29. The lowest BCUT2D eigenvalue weighted by Gasteiger charge is -2.13. The molecule has 9 heteroatoms. The number of hydrogen-bond acceptors (Lipinski definition) is 5. The topological polar surface area (TPSA) is 67.9 Å². The number of ether oxygens (including phenoxy) is 2. The van der Waals surface area contributed by atoms with Gasteiger partial charge in [-0.1, -0.05) is 29.3 Å². The van der Waals surface area contributed by atoms with E-state index in [0.717, 1.165) is 4.90 Å². The third kappa shape index (κ3) is 3.82. The third-order valence-corrected chi connectivity index (χ3v) is 4.79. The predicted octanol–water partition coefficient (Wildman–Crippen LogP) is 3.91. The summed E-state index contributed by atoms with van der Waals surface area (Å²) in [5.41, 5.74) is 0.932. The van der Waals surface area contributed by atoms with Crippen LogP contribution in [-0.4, -0.2) is 36.0 Å². The largest absolute Gasteiger partial charge is 0.493 e. The number of imide groups is 1. The number of nitrogens with zero attached hydrogens (tertiary/aromatic N) is 1. The first-order chi connectivity index (χ1) is 13.3. The van der Waals surface area contributed by atoms with E-state index in [9.17, 15) is 9.59 Å². The molecule has 0 atom stereocenters. The van der Waals surface area contributed by atoms with Crippen LogP contribution in [0.15, 0.2) is 42.1 Å². The molecular formula is C19H14Cl2N2O4S. The maximum absolute atomic E-state index is 12.8. The highest BCUT2D eigenvalue weighted by Gasteiger charge is 2.37. The van der Waals surface area contributed by atoms with Crippen LogP contribution in [0.4, 0.5) is 0 Å². The number of hydrogen-bond donors (Lipinski definition) is 1. The second-order valence-corrected chi connectivity index (χ2v) is 6.90. The Bertz CT molecular complexity index is 1020. The minimum absolute atomic E-state index is 0.0345. The molecule has 1 fully saturated rings. The number of carbonyl (C=O) groups excluding carboxylic acids is 2. The van der Waals surface area contributed by atoms with Gasteiger partial charge in [0.1, 0.15) is 5.70 Å². The Balaban J connectivity index is 1.91. The van der Waals surface area contributed by atoms with Crippen LogP contribution >= 0.6 is 35.4 Å². The molecule has 6 nitrogen and oxygen atoms in total. The normalized spacial score (nSPS) is 15.0. The number of nitrogens with one attached hydrogen (secondary N) is 1. The van der Waals surface area contributed by atoms with Gasteiger partial charge in [0, 0.05) is 5.02 Å². The van der Waals surface area contributed by atoms with Gasteiger partial charge in [-0.2, -0.15) is 0 Å². The van der Waals surface area contributed by atoms with E-state index in [1.165, 1.54) is 32.4 Å². The fourth-order valence-corrected chi connectivity index (χ4v) is 3.38. The van der Waals surface area contributed by atoms with Gasteiger partial charge in [-0.3, -0.25) is 9.59 Å². The number of rotatable bonds is 4. The van der Waals surface area contributed by atoms with Crippen LogP contribution in [0.2, 0.25) is 10.0 Å². The molecule has 0 radical (unpaired) electrons. The highest BCUT2D eigenvalue weighted by atomic mass is 35.5. The molecule has 144 valence electrons. The van der Waals surface area contributed by atoms with E-state index in [-0.39, 0.29) is 21.4 Å². The summed E-state index contributed by atoms with van der Waals surface area (Å²) in [7, 11) is 3.04. The molecule has 28 heavy (non-hydrogen) atoms. The van der Waals surface area contributed by atoms with Gasteiger partial charge in [-0.15, -0.1) is 0 Å². The summed E-state index contributed by atoms with van der Waals surface area (Å²) >= 11 is 17.1. The first-order valence-electron chi connectivity index (χ1n) is 7.94. The van der Waals surface area contributed by atoms with Gasteiger partial charge >= 0.3 is 0 Å². The summed E-state index contributed by atoms with van der Waals surface area (Å²) in [5.74, 6) is -0.165. The average Bonchev–Trinajstić information content (AvgIpc) is 2.94. The van der Waals surface area contributed by atoms with Crippen molar-refractivity contribution in [1.82, 2.24) is 10.2 Å². The molecule has 0 saturated carbocycles. The van der Waals surface area contributed by atoms with Crippen LogP contribution in [0.25, 0.3) is 6.08 Å². The lowest BCUT2D eigenvalue weighted by atomic mass is 10.1. The first-order valence-corrected chi connectivity index (χ1v) is 9.10. The third-order valence-electron chi connectivity index (χ3n) is 3.96. The van der Waals surface area contributed by atoms with Crippen molar-refractivity contribution in [2.24, 2.45) is 0 Å². The van der Waals surface area contributed by atoms with Crippen molar-refractivity contribution in [1.29, 1.82) is 0 Å². The summed E-state index contributed by atoms with van der Waals surface area (Å²) in [6.45, 7) is 0. The number of methoxy groups -OCH3 is 2. The van der Waals surface area contributed by atoms with Crippen LogP contribution in [0.3, 0.4) is 0 Å². The Hall–Kier alpha value is -2.61. The first kappa shape index (κ1) is 20.1. The van der Waals surface area contributed by atoms with Crippen molar-refractivity contribution in [3.8, 4) is 11.5 Å². The van der Waals surface area contributed by atoms with E-state index in [1.54, 1.807) is 24.3 Å². The fraction of sp³-hybridized carbons (Fsp3) is 0.105. The van der Waals surface area contributed by atoms with Crippen molar-refractivity contribution in [2.45, 2.75) is 0 Å². The number of carbonyl (C=O) groups is 2. The van der Waals surface area contributed by atoms with E-state index in [0.29, 0.717) is 22.1 Å². The standard InChI is InChI=1S/C19H14Cl2N2O4S/c1-26-15-6-3-10(8-16(15)27-2)7-14-18(25)23(19(28)22-14)17(24)12-5-4-11(20)9-13(12)21/h3-9H,1-2H3,(H,22,28)/b14-7+. The SMILES string of the molecule is COc1ccc(/C=C2/NC(=S)N(C(=O)c3ccc(Cl)cc3Cl)C2=O)cc1OC. The van der Waals surface area contributed by atoms with Crippen LogP contribution in [0.5, 0.6) is 11.5 Å². The summed E-state index contributed by atoms with van der Waals surface area (Å²) in [6.07, 6.45) is 1.56. The van der Waals surface area contributed by atoms with Crippen molar-refractivity contribution in [3.05, 3.63) is 63.3 Å². The van der Waals surface area contributed by atoms with Crippen molar-refractivity contribution in [2.75, 3.05) is 14.2 Å². The lowest BCUT2D eigenvalue weighted by Crippen LogP contribution is -2.36. The fourth-order valence-electron chi connectivity index (χ4n) is 2.61.